The third-order valence-electron chi connectivity index (χ3n) is 4.51. The second-order valence-corrected chi connectivity index (χ2v) is 7.08. The van der Waals surface area contributed by atoms with Crippen LogP contribution >= 0.6 is 0 Å². The smallest absolute Gasteiger partial charge is 0.166 e. The maximum Gasteiger partial charge on any atom is 0.166 e. The number of phenols is 1. The number of anilines is 1. The van der Waals surface area contributed by atoms with Gasteiger partial charge in [-0.05, 0) is 49.1 Å². The van der Waals surface area contributed by atoms with Crippen LogP contribution in [0.1, 0.15) is 52.9 Å². The summed E-state index contributed by atoms with van der Waals surface area (Å²) in [6.07, 6.45) is 5.99. The van der Waals surface area contributed by atoms with Crippen LogP contribution in [-0.2, 0) is 0 Å². The number of hydrogen-bond acceptors (Lipinski definition) is 2. The van der Waals surface area contributed by atoms with Gasteiger partial charge in [0, 0.05) is 17.8 Å². The largest absolute Gasteiger partial charge is 0.505 e. The zero-order valence-corrected chi connectivity index (χ0v) is 12.7. The van der Waals surface area contributed by atoms with Crippen LogP contribution in [0.25, 0.3) is 0 Å². The van der Waals surface area contributed by atoms with Crippen molar-refractivity contribution in [1.82, 2.24) is 0 Å². The first-order valence-electron chi connectivity index (χ1n) is 7.61. The first-order chi connectivity index (χ1) is 9.36. The van der Waals surface area contributed by atoms with Crippen molar-refractivity contribution in [1.29, 1.82) is 0 Å². The van der Waals surface area contributed by atoms with E-state index in [-0.39, 0.29) is 5.75 Å². The van der Waals surface area contributed by atoms with Gasteiger partial charge in [-0.1, -0.05) is 27.2 Å². The minimum Gasteiger partial charge on any atom is -0.505 e. The van der Waals surface area contributed by atoms with Crippen molar-refractivity contribution in [2.24, 2.45) is 11.3 Å². The molecule has 20 heavy (non-hydrogen) atoms. The topological polar surface area (TPSA) is 32.3 Å². The summed E-state index contributed by atoms with van der Waals surface area (Å²) >= 11 is 0. The van der Waals surface area contributed by atoms with Gasteiger partial charge >= 0.3 is 0 Å². The molecule has 2 atom stereocenters. The maximum absolute atomic E-state index is 13.3. The number of phenolic OH excluding ortho intramolecular Hbond substituents is 1. The molecule has 1 aliphatic rings. The second-order valence-electron chi connectivity index (χ2n) is 7.08. The summed E-state index contributed by atoms with van der Waals surface area (Å²) in [4.78, 5) is 0. The zero-order valence-electron chi connectivity index (χ0n) is 12.7. The monoisotopic (exact) mass is 279 g/mol. The van der Waals surface area contributed by atoms with E-state index in [0.717, 1.165) is 24.4 Å². The Bertz CT molecular complexity index is 453. The normalized spacial score (nSPS) is 24.2. The molecule has 2 unspecified atom stereocenters. The molecule has 1 aromatic carbocycles. The highest BCUT2D eigenvalue weighted by Gasteiger charge is 2.27. The van der Waals surface area contributed by atoms with E-state index >= 15 is 0 Å². The van der Waals surface area contributed by atoms with Gasteiger partial charge in [-0.25, -0.2) is 4.39 Å². The summed E-state index contributed by atoms with van der Waals surface area (Å²) < 4.78 is 13.3. The quantitative estimate of drug-likeness (QED) is 0.593. The second kappa shape index (κ2) is 6.02. The Morgan fingerprint density at radius 1 is 1.15 bits per heavy atom. The van der Waals surface area contributed by atoms with Crippen molar-refractivity contribution in [2.45, 2.75) is 58.9 Å². The van der Waals surface area contributed by atoms with Crippen LogP contribution in [0.3, 0.4) is 0 Å². The fraction of sp³-hybridized carbons (Fsp3) is 0.647. The van der Waals surface area contributed by atoms with Crippen LogP contribution in [-0.4, -0.2) is 11.1 Å². The average Bonchev–Trinajstić information content (AvgIpc) is 2.59. The lowest BCUT2D eigenvalue weighted by atomic mass is 9.76. The van der Waals surface area contributed by atoms with Crippen LogP contribution < -0.4 is 5.32 Å². The highest BCUT2D eigenvalue weighted by Crippen LogP contribution is 2.37. The number of halogens is 1. The zero-order chi connectivity index (χ0) is 14.8. The first kappa shape index (κ1) is 15.1. The van der Waals surface area contributed by atoms with Gasteiger partial charge in [0.1, 0.15) is 0 Å². The third-order valence-corrected chi connectivity index (χ3v) is 4.51. The number of benzene rings is 1. The van der Waals surface area contributed by atoms with Gasteiger partial charge < -0.3 is 10.4 Å². The number of hydrogen-bond donors (Lipinski definition) is 2. The Morgan fingerprint density at radius 2 is 1.90 bits per heavy atom. The molecule has 0 bridgehead atoms. The molecule has 0 aromatic heterocycles. The van der Waals surface area contributed by atoms with Gasteiger partial charge in [0.05, 0.1) is 0 Å². The molecule has 2 rings (SSSR count). The van der Waals surface area contributed by atoms with Gasteiger partial charge in [0.15, 0.2) is 11.6 Å². The summed E-state index contributed by atoms with van der Waals surface area (Å²) in [5.74, 6) is -0.0775. The van der Waals surface area contributed by atoms with Crippen molar-refractivity contribution in [3.05, 3.63) is 24.0 Å². The molecule has 0 heterocycles. The lowest BCUT2D eigenvalue weighted by Crippen LogP contribution is -2.21. The molecule has 112 valence electrons. The van der Waals surface area contributed by atoms with E-state index < -0.39 is 5.82 Å². The Labute approximate surface area is 121 Å². The predicted octanol–water partition coefficient (Wildman–Crippen LogP) is 4.94. The number of nitrogens with one attached hydrogen (secondary N) is 1. The van der Waals surface area contributed by atoms with E-state index in [0.29, 0.717) is 11.5 Å². The average molecular weight is 279 g/mol. The summed E-state index contributed by atoms with van der Waals surface area (Å²) in [7, 11) is 0. The fourth-order valence-electron chi connectivity index (χ4n) is 3.14. The van der Waals surface area contributed by atoms with E-state index in [1.165, 1.54) is 31.4 Å². The van der Waals surface area contributed by atoms with Crippen LogP contribution in [0, 0.1) is 17.2 Å². The van der Waals surface area contributed by atoms with Gasteiger partial charge in [0.2, 0.25) is 0 Å². The molecule has 1 fully saturated rings. The minimum absolute atomic E-state index is 0.288. The van der Waals surface area contributed by atoms with Crippen molar-refractivity contribution in [2.75, 3.05) is 5.32 Å². The molecule has 0 aliphatic heterocycles. The first-order valence-corrected chi connectivity index (χ1v) is 7.61. The predicted molar refractivity (Wildman–Crippen MR) is 81.5 cm³/mol. The van der Waals surface area contributed by atoms with E-state index in [4.69, 9.17) is 0 Å². The number of rotatable bonds is 2. The lowest BCUT2D eigenvalue weighted by Gasteiger charge is -2.29. The molecule has 0 radical (unpaired) electrons. The highest BCUT2D eigenvalue weighted by atomic mass is 19.1. The maximum atomic E-state index is 13.3. The molecule has 2 N–H and O–H groups in total. The van der Waals surface area contributed by atoms with Gasteiger partial charge in [-0.15, -0.1) is 0 Å². The summed E-state index contributed by atoms with van der Waals surface area (Å²) in [6, 6.07) is 4.93. The molecule has 1 aliphatic carbocycles. The highest BCUT2D eigenvalue weighted by molar-refractivity contribution is 5.47. The van der Waals surface area contributed by atoms with Gasteiger partial charge in [-0.2, -0.15) is 0 Å². The molecule has 3 heteroatoms. The molecule has 1 aromatic rings. The Balaban J connectivity index is 1.95. The third kappa shape index (κ3) is 3.87. The van der Waals surface area contributed by atoms with E-state index in [2.05, 4.69) is 26.1 Å². The SMILES string of the molecule is CC(C)(C)C1CCCC(Nc2ccc(O)c(F)c2)CC1. The van der Waals surface area contributed by atoms with E-state index in [1.807, 2.05) is 0 Å². The molecule has 0 amide bonds. The Morgan fingerprint density at radius 3 is 2.55 bits per heavy atom. The summed E-state index contributed by atoms with van der Waals surface area (Å²) in [5.41, 5.74) is 1.14. The van der Waals surface area contributed by atoms with Crippen molar-refractivity contribution >= 4 is 5.69 Å². The fourth-order valence-corrected chi connectivity index (χ4v) is 3.14. The van der Waals surface area contributed by atoms with Crippen molar-refractivity contribution in [3.8, 4) is 5.75 Å². The van der Waals surface area contributed by atoms with Crippen LogP contribution in [0.4, 0.5) is 10.1 Å². The molecule has 0 spiro atoms. The molecule has 1 saturated carbocycles. The summed E-state index contributed by atoms with van der Waals surface area (Å²) in [6.45, 7) is 6.96. The van der Waals surface area contributed by atoms with E-state index in [9.17, 15) is 9.50 Å². The molecular formula is C17H26FNO. The lowest BCUT2D eigenvalue weighted by molar-refractivity contribution is 0.214. The van der Waals surface area contributed by atoms with Gasteiger partial charge in [-0.3, -0.25) is 0 Å². The minimum atomic E-state index is -0.559. The van der Waals surface area contributed by atoms with Crippen LogP contribution in [0.2, 0.25) is 0 Å². The van der Waals surface area contributed by atoms with Crippen LogP contribution in [0.5, 0.6) is 5.75 Å². The van der Waals surface area contributed by atoms with Gasteiger partial charge in [0.25, 0.3) is 0 Å². The van der Waals surface area contributed by atoms with Crippen LogP contribution in [0.15, 0.2) is 18.2 Å². The number of aromatic hydroxyl groups is 1. The Hall–Kier alpha value is -1.25. The molecule has 0 saturated heterocycles. The van der Waals surface area contributed by atoms with Crippen molar-refractivity contribution < 1.29 is 9.50 Å². The Kier molecular flexibility index (Phi) is 4.56. The standard InChI is InChI=1S/C17H26FNO/c1-17(2,3)12-5-4-6-13(8-7-12)19-14-9-10-16(20)15(18)11-14/h9-13,19-20H,4-8H2,1-3H3. The van der Waals surface area contributed by atoms with Crippen molar-refractivity contribution in [3.63, 3.8) is 0 Å². The van der Waals surface area contributed by atoms with E-state index in [1.54, 1.807) is 6.07 Å². The molecule has 2 nitrogen and oxygen atoms in total. The molecular weight excluding hydrogens is 253 g/mol. The summed E-state index contributed by atoms with van der Waals surface area (Å²) in [5, 5.41) is 12.6.